The zero-order valence-electron chi connectivity index (χ0n) is 6.47. The fourth-order valence-electron chi connectivity index (χ4n) is 1.21. The molecule has 61 valence electrons. The number of nitrogens with zero attached hydrogens (tertiary/aromatic N) is 1. The minimum atomic E-state index is -0.118. The second-order valence-electron chi connectivity index (χ2n) is 2.65. The van der Waals surface area contributed by atoms with E-state index in [-0.39, 0.29) is 6.03 Å². The Morgan fingerprint density at radius 2 is 2.25 bits per heavy atom. The molecule has 0 aliphatic carbocycles. The number of carbonyl (C=O) groups is 1. The minimum Gasteiger partial charge on any atom is -0.264 e. The van der Waals surface area contributed by atoms with Crippen molar-refractivity contribution >= 4 is 29.0 Å². The molecular weight excluding hydrogens is 176 g/mol. The van der Waals surface area contributed by atoms with Crippen molar-refractivity contribution in [2.24, 2.45) is 0 Å². The number of hydrogen-bond acceptors (Lipinski definition) is 1. The van der Waals surface area contributed by atoms with Gasteiger partial charge in [0.15, 0.2) is 0 Å². The van der Waals surface area contributed by atoms with Crippen LogP contribution in [0.4, 0.5) is 16.2 Å². The van der Waals surface area contributed by atoms with Crippen LogP contribution in [0.15, 0.2) is 18.2 Å². The number of anilines is 2. The predicted octanol–water partition coefficient (Wildman–Crippen LogP) is 2.29. The van der Waals surface area contributed by atoms with Crippen LogP contribution >= 0.6 is 11.6 Å². The summed E-state index contributed by atoms with van der Waals surface area (Å²) < 4.78 is 0. The molecule has 0 saturated heterocycles. The van der Waals surface area contributed by atoms with E-state index in [9.17, 15) is 4.79 Å². The van der Waals surface area contributed by atoms with Crippen LogP contribution in [0.1, 0.15) is 0 Å². The average Bonchev–Trinajstić information content (AvgIpc) is 2.28. The summed E-state index contributed by atoms with van der Waals surface area (Å²) in [7, 11) is 1.72. The van der Waals surface area contributed by atoms with E-state index in [1.54, 1.807) is 24.1 Å². The lowest BCUT2D eigenvalue weighted by molar-refractivity contribution is 0.249. The normalized spacial score (nSPS) is 16.0. The Labute approximate surface area is 74.9 Å². The quantitative estimate of drug-likeness (QED) is 0.614. The first kappa shape index (κ1) is 7.58. The van der Waals surface area contributed by atoms with Gasteiger partial charge in [-0.3, -0.25) is 5.32 Å². The summed E-state index contributed by atoms with van der Waals surface area (Å²) in [6.45, 7) is 0. The van der Waals surface area contributed by atoms with Gasteiger partial charge in [0, 0.05) is 11.1 Å². The molecule has 1 aliphatic rings. The molecule has 3 nitrogen and oxygen atoms in total. The van der Waals surface area contributed by atoms with E-state index in [4.69, 9.17) is 11.6 Å². The molecule has 4 heteroatoms. The number of rotatable bonds is 0. The van der Waals surface area contributed by atoms with Crippen molar-refractivity contribution in [1.29, 1.82) is 0 Å². The Kier molecular flexibility index (Phi) is 1.56. The molecule has 0 bridgehead atoms. The van der Waals surface area contributed by atoms with E-state index >= 15 is 0 Å². The van der Waals surface area contributed by atoms with Crippen LogP contribution in [-0.2, 0) is 0 Å². The van der Waals surface area contributed by atoms with Gasteiger partial charge in [-0.05, 0) is 17.0 Å². The standard InChI is InChI=1S/C8H7ClN2O/c1-11-7-3-2-5(9)4-6(7)10-8(11)12/h2-4H,1H3,(H,10,12)/q+1. The average molecular weight is 183 g/mol. The van der Waals surface area contributed by atoms with Crippen molar-refractivity contribution in [3.05, 3.63) is 23.2 Å². The maximum Gasteiger partial charge on any atom is 0.474 e. The van der Waals surface area contributed by atoms with Gasteiger partial charge in [-0.1, -0.05) is 11.6 Å². The zero-order chi connectivity index (χ0) is 8.72. The van der Waals surface area contributed by atoms with Gasteiger partial charge in [-0.25, -0.2) is 4.79 Å². The highest BCUT2D eigenvalue weighted by molar-refractivity contribution is 6.31. The Morgan fingerprint density at radius 3 is 3.00 bits per heavy atom. The molecule has 2 rings (SSSR count). The number of nitrogens with one attached hydrogen (secondary N) is 1. The third-order valence-corrected chi connectivity index (χ3v) is 2.10. The first-order chi connectivity index (χ1) is 5.68. The Morgan fingerprint density at radius 1 is 1.50 bits per heavy atom. The van der Waals surface area contributed by atoms with Crippen LogP contribution < -0.4 is 10.2 Å². The highest BCUT2D eigenvalue weighted by Gasteiger charge is 2.35. The van der Waals surface area contributed by atoms with Crippen LogP contribution in [0.25, 0.3) is 0 Å². The number of carbonyl (C=O) groups excluding carboxylic acids is 1. The highest BCUT2D eigenvalue weighted by Crippen LogP contribution is 2.32. The van der Waals surface area contributed by atoms with Crippen LogP contribution in [0.2, 0.25) is 5.02 Å². The maximum absolute atomic E-state index is 11.1. The molecular formula is C8H7ClN2O+. The van der Waals surface area contributed by atoms with Crippen molar-refractivity contribution in [3.63, 3.8) is 0 Å². The van der Waals surface area contributed by atoms with E-state index in [1.807, 2.05) is 6.07 Å². The first-order valence-electron chi connectivity index (χ1n) is 3.53. The number of urea groups is 1. The Bertz CT molecular complexity index is 351. The van der Waals surface area contributed by atoms with E-state index in [0.717, 1.165) is 11.4 Å². The second kappa shape index (κ2) is 2.47. The molecule has 1 aliphatic heterocycles. The number of halogens is 1. The topological polar surface area (TPSA) is 35.0 Å². The van der Waals surface area contributed by atoms with Gasteiger partial charge in [0.1, 0.15) is 12.7 Å². The maximum atomic E-state index is 11.1. The summed E-state index contributed by atoms with van der Waals surface area (Å²) in [6, 6.07) is 5.19. The number of fused-ring (bicyclic) bond motifs is 1. The summed E-state index contributed by atoms with van der Waals surface area (Å²) in [4.78, 5) is 12.7. The molecule has 0 aromatic heterocycles. The van der Waals surface area contributed by atoms with Gasteiger partial charge in [0.25, 0.3) is 0 Å². The zero-order valence-corrected chi connectivity index (χ0v) is 7.22. The van der Waals surface area contributed by atoms with Gasteiger partial charge in [0.2, 0.25) is 5.69 Å². The number of hydrogen-bond donors (Lipinski definition) is 1. The number of benzene rings is 1. The van der Waals surface area contributed by atoms with E-state index in [1.165, 1.54) is 0 Å². The lowest BCUT2D eigenvalue weighted by Crippen LogP contribution is -2.24. The highest BCUT2D eigenvalue weighted by atomic mass is 35.5. The van der Waals surface area contributed by atoms with Crippen LogP contribution in [0.3, 0.4) is 0 Å². The van der Waals surface area contributed by atoms with Crippen molar-refractivity contribution < 1.29 is 4.79 Å². The summed E-state index contributed by atoms with van der Waals surface area (Å²) in [5, 5.41) is 3.32. The second-order valence-corrected chi connectivity index (χ2v) is 3.09. The Hall–Kier alpha value is -1.06. The molecule has 0 atom stereocenters. The first-order valence-corrected chi connectivity index (χ1v) is 3.90. The SMILES string of the molecule is C[N+]1C(=O)Nc2cc(Cl)ccc21. The fourth-order valence-corrected chi connectivity index (χ4v) is 1.38. The largest absolute Gasteiger partial charge is 0.474 e. The van der Waals surface area contributed by atoms with Gasteiger partial charge in [-0.15, -0.1) is 0 Å². The van der Waals surface area contributed by atoms with E-state index in [2.05, 4.69) is 5.32 Å². The lowest BCUT2D eigenvalue weighted by Gasteiger charge is -1.93. The summed E-state index contributed by atoms with van der Waals surface area (Å²) in [6.07, 6.45) is 0. The lowest BCUT2D eigenvalue weighted by atomic mass is 10.3. The van der Waals surface area contributed by atoms with Gasteiger partial charge in [0.05, 0.1) is 0 Å². The molecule has 2 amide bonds. The van der Waals surface area contributed by atoms with E-state index in [0.29, 0.717) is 5.02 Å². The van der Waals surface area contributed by atoms with Gasteiger partial charge >= 0.3 is 6.03 Å². The molecule has 0 spiro atoms. The van der Waals surface area contributed by atoms with Crippen molar-refractivity contribution in [2.75, 3.05) is 12.4 Å². The van der Waals surface area contributed by atoms with Crippen LogP contribution in [-0.4, -0.2) is 13.1 Å². The fraction of sp³-hybridized carbons (Fsp3) is 0.125. The Balaban J connectivity index is 2.54. The monoisotopic (exact) mass is 182 g/mol. The third-order valence-electron chi connectivity index (χ3n) is 1.87. The molecule has 1 heterocycles. The molecule has 1 N–H and O–H groups in total. The molecule has 0 saturated carbocycles. The molecule has 12 heavy (non-hydrogen) atoms. The number of amides is 2. The molecule has 0 unspecified atom stereocenters. The smallest absolute Gasteiger partial charge is 0.264 e. The summed E-state index contributed by atoms with van der Waals surface area (Å²) in [5.41, 5.74) is 1.64. The van der Waals surface area contributed by atoms with Crippen molar-refractivity contribution in [2.45, 2.75) is 0 Å². The molecule has 1 aromatic carbocycles. The van der Waals surface area contributed by atoms with Gasteiger partial charge < -0.3 is 0 Å². The minimum absolute atomic E-state index is 0.118. The third kappa shape index (κ3) is 0.983. The predicted molar refractivity (Wildman–Crippen MR) is 48.2 cm³/mol. The van der Waals surface area contributed by atoms with Crippen LogP contribution in [0.5, 0.6) is 0 Å². The van der Waals surface area contributed by atoms with E-state index < -0.39 is 0 Å². The van der Waals surface area contributed by atoms with Crippen molar-refractivity contribution in [3.8, 4) is 0 Å². The molecule has 1 aromatic rings. The molecule has 0 fully saturated rings. The molecule has 1 radical (unpaired) electrons. The summed E-state index contributed by atoms with van der Waals surface area (Å²) in [5.74, 6) is 0. The van der Waals surface area contributed by atoms with Crippen LogP contribution in [0, 0.1) is 0 Å². The van der Waals surface area contributed by atoms with Gasteiger partial charge in [-0.2, -0.15) is 0 Å². The summed E-state index contributed by atoms with van der Waals surface area (Å²) >= 11 is 5.75. The van der Waals surface area contributed by atoms with Crippen molar-refractivity contribution in [1.82, 2.24) is 4.90 Å².